The molecule has 0 aliphatic rings. The SMILES string of the molecule is CC(C)c1nn(C)c2c(/N=N/c3nc4ccccc4s3)c(C(C)(C)C)nn12. The predicted molar refractivity (Wildman–Crippen MR) is 109 cm³/mol. The summed E-state index contributed by atoms with van der Waals surface area (Å²) in [6, 6.07) is 8.01. The van der Waals surface area contributed by atoms with Gasteiger partial charge in [0.25, 0.3) is 0 Å². The van der Waals surface area contributed by atoms with Crippen molar-refractivity contribution in [2.24, 2.45) is 17.3 Å². The van der Waals surface area contributed by atoms with Gasteiger partial charge in [0.1, 0.15) is 0 Å². The molecule has 0 saturated heterocycles. The summed E-state index contributed by atoms with van der Waals surface area (Å²) in [5.74, 6) is 1.18. The number of benzene rings is 1. The third kappa shape index (κ3) is 3.03. The summed E-state index contributed by atoms with van der Waals surface area (Å²) < 4.78 is 4.84. The molecule has 0 aliphatic carbocycles. The molecule has 0 radical (unpaired) electrons. The highest BCUT2D eigenvalue weighted by Crippen LogP contribution is 2.37. The number of hydrogen-bond donors (Lipinski definition) is 0. The molecule has 0 aliphatic heterocycles. The second-order valence-corrected chi connectivity index (χ2v) is 8.99. The van der Waals surface area contributed by atoms with Crippen LogP contribution in [0.25, 0.3) is 15.9 Å². The second kappa shape index (κ2) is 6.23. The minimum atomic E-state index is -0.164. The van der Waals surface area contributed by atoms with Crippen molar-refractivity contribution < 1.29 is 0 Å². The summed E-state index contributed by atoms with van der Waals surface area (Å²) >= 11 is 1.53. The van der Waals surface area contributed by atoms with Crippen LogP contribution in [0.5, 0.6) is 0 Å². The van der Waals surface area contributed by atoms with Crippen LogP contribution in [0.1, 0.15) is 52.1 Å². The Morgan fingerprint density at radius 1 is 1.07 bits per heavy atom. The molecule has 0 N–H and O–H groups in total. The molecule has 0 amide bonds. The van der Waals surface area contributed by atoms with E-state index in [9.17, 15) is 0 Å². The van der Waals surface area contributed by atoms with Gasteiger partial charge < -0.3 is 0 Å². The van der Waals surface area contributed by atoms with Gasteiger partial charge in [-0.1, -0.05) is 58.1 Å². The Bertz CT molecular complexity index is 1120. The van der Waals surface area contributed by atoms with Gasteiger partial charge in [-0.3, -0.25) is 0 Å². The average Bonchev–Trinajstić information content (AvgIpc) is 3.25. The van der Waals surface area contributed by atoms with E-state index in [0.717, 1.165) is 33.1 Å². The zero-order chi connectivity index (χ0) is 19.3. The fraction of sp³-hybridized carbons (Fsp3) is 0.421. The number of aryl methyl sites for hydroxylation is 1. The lowest BCUT2D eigenvalue weighted by molar-refractivity contribution is 0.558. The van der Waals surface area contributed by atoms with Crippen molar-refractivity contribution in [3.05, 3.63) is 35.8 Å². The Morgan fingerprint density at radius 3 is 2.48 bits per heavy atom. The van der Waals surface area contributed by atoms with Crippen molar-refractivity contribution in [2.45, 2.75) is 46.0 Å². The first kappa shape index (κ1) is 17.8. The Hall–Kier alpha value is -2.61. The number of azo groups is 1. The maximum Gasteiger partial charge on any atom is 0.231 e. The third-order valence-corrected chi connectivity index (χ3v) is 5.28. The van der Waals surface area contributed by atoms with Gasteiger partial charge in [0.15, 0.2) is 17.2 Å². The van der Waals surface area contributed by atoms with Gasteiger partial charge in [0.05, 0.1) is 15.9 Å². The number of aromatic nitrogens is 5. The molecule has 3 heterocycles. The quantitative estimate of drug-likeness (QED) is 0.439. The van der Waals surface area contributed by atoms with Crippen LogP contribution in [0.3, 0.4) is 0 Å². The molecule has 0 fully saturated rings. The topological polar surface area (TPSA) is 72.7 Å². The molecule has 0 saturated carbocycles. The van der Waals surface area contributed by atoms with E-state index >= 15 is 0 Å². The highest BCUT2D eigenvalue weighted by Gasteiger charge is 2.28. The molecular weight excluding hydrogens is 358 g/mol. The van der Waals surface area contributed by atoms with Crippen molar-refractivity contribution in [3.63, 3.8) is 0 Å². The summed E-state index contributed by atoms with van der Waals surface area (Å²) in [5.41, 5.74) is 3.29. The highest BCUT2D eigenvalue weighted by atomic mass is 32.1. The van der Waals surface area contributed by atoms with E-state index in [2.05, 4.69) is 54.9 Å². The molecule has 4 rings (SSSR count). The molecule has 7 nitrogen and oxygen atoms in total. The van der Waals surface area contributed by atoms with Crippen LogP contribution in [0.4, 0.5) is 10.8 Å². The first-order chi connectivity index (χ1) is 12.8. The van der Waals surface area contributed by atoms with E-state index < -0.39 is 0 Å². The minimum Gasteiger partial charge on any atom is -0.247 e. The lowest BCUT2D eigenvalue weighted by Crippen LogP contribution is -2.13. The fourth-order valence-electron chi connectivity index (χ4n) is 3.05. The largest absolute Gasteiger partial charge is 0.247 e. The smallest absolute Gasteiger partial charge is 0.231 e. The van der Waals surface area contributed by atoms with Crippen molar-refractivity contribution in [1.29, 1.82) is 0 Å². The van der Waals surface area contributed by atoms with Gasteiger partial charge in [-0.05, 0) is 12.1 Å². The van der Waals surface area contributed by atoms with Gasteiger partial charge in [-0.25, -0.2) is 9.67 Å². The molecule has 8 heteroatoms. The fourth-order valence-corrected chi connectivity index (χ4v) is 3.83. The van der Waals surface area contributed by atoms with Crippen LogP contribution in [-0.2, 0) is 12.5 Å². The predicted octanol–water partition coefficient (Wildman–Crippen LogP) is 5.51. The van der Waals surface area contributed by atoms with Crippen molar-refractivity contribution >= 4 is 38.0 Å². The molecular formula is C19H23N7S. The van der Waals surface area contributed by atoms with E-state index in [0.29, 0.717) is 5.13 Å². The first-order valence-electron chi connectivity index (χ1n) is 8.99. The monoisotopic (exact) mass is 381 g/mol. The van der Waals surface area contributed by atoms with E-state index in [-0.39, 0.29) is 11.3 Å². The maximum absolute atomic E-state index is 4.84. The number of rotatable bonds is 3. The van der Waals surface area contributed by atoms with Gasteiger partial charge in [-0.2, -0.15) is 14.7 Å². The van der Waals surface area contributed by atoms with Crippen molar-refractivity contribution in [2.75, 3.05) is 0 Å². The number of hydrogen-bond acceptors (Lipinski definition) is 6. The summed E-state index contributed by atoms with van der Waals surface area (Å²) in [4.78, 5) is 4.55. The molecule has 0 spiro atoms. The molecule has 0 unspecified atom stereocenters. The Morgan fingerprint density at radius 2 is 1.81 bits per heavy atom. The van der Waals surface area contributed by atoms with Crippen molar-refractivity contribution in [1.82, 2.24) is 24.4 Å². The standard InChI is InChI=1S/C19H23N7S/c1-11(2)16-24-25(6)17-14(15(19(3,4)5)23-26(16)17)21-22-18-20-12-9-7-8-10-13(12)27-18/h7-11H,1-6H3/b22-21+. The Balaban J connectivity index is 1.88. The van der Waals surface area contributed by atoms with Gasteiger partial charge in [0.2, 0.25) is 5.13 Å². The van der Waals surface area contributed by atoms with Crippen LogP contribution < -0.4 is 0 Å². The van der Waals surface area contributed by atoms with E-state index in [1.54, 1.807) is 0 Å². The summed E-state index contributed by atoms with van der Waals surface area (Å²) in [6.45, 7) is 10.6. The summed E-state index contributed by atoms with van der Waals surface area (Å²) in [5, 5.41) is 19.1. The maximum atomic E-state index is 4.84. The molecule has 0 atom stereocenters. The van der Waals surface area contributed by atoms with E-state index in [1.165, 1.54) is 11.3 Å². The molecule has 27 heavy (non-hydrogen) atoms. The Kier molecular flexibility index (Phi) is 4.10. The molecule has 4 aromatic rings. The second-order valence-electron chi connectivity index (χ2n) is 7.98. The van der Waals surface area contributed by atoms with Crippen LogP contribution >= 0.6 is 11.3 Å². The zero-order valence-electron chi connectivity index (χ0n) is 16.4. The lowest BCUT2D eigenvalue weighted by atomic mass is 9.91. The van der Waals surface area contributed by atoms with Crippen molar-refractivity contribution in [3.8, 4) is 0 Å². The van der Waals surface area contributed by atoms with Crippen LogP contribution in [0.15, 0.2) is 34.5 Å². The Labute approximate surface area is 161 Å². The molecule has 140 valence electrons. The summed E-state index contributed by atoms with van der Waals surface area (Å²) in [7, 11) is 1.92. The third-order valence-electron chi connectivity index (χ3n) is 4.36. The van der Waals surface area contributed by atoms with E-state index in [1.807, 2.05) is 40.5 Å². The molecule has 0 bridgehead atoms. The summed E-state index contributed by atoms with van der Waals surface area (Å²) in [6.07, 6.45) is 0. The van der Waals surface area contributed by atoms with Gasteiger partial charge in [-0.15, -0.1) is 10.2 Å². The van der Waals surface area contributed by atoms with Gasteiger partial charge in [0, 0.05) is 18.4 Å². The van der Waals surface area contributed by atoms with Crippen LogP contribution in [-0.4, -0.2) is 24.4 Å². The zero-order valence-corrected chi connectivity index (χ0v) is 17.2. The minimum absolute atomic E-state index is 0.164. The average molecular weight is 382 g/mol. The number of nitrogens with zero attached hydrogens (tertiary/aromatic N) is 7. The number of thiazole rings is 1. The lowest BCUT2D eigenvalue weighted by Gasteiger charge is -2.15. The highest BCUT2D eigenvalue weighted by molar-refractivity contribution is 7.21. The normalized spacial score (nSPS) is 13.0. The van der Waals surface area contributed by atoms with Crippen LogP contribution in [0, 0.1) is 0 Å². The molecule has 3 aromatic heterocycles. The molecule has 1 aromatic carbocycles. The number of fused-ring (bicyclic) bond motifs is 2. The van der Waals surface area contributed by atoms with E-state index in [4.69, 9.17) is 5.10 Å². The van der Waals surface area contributed by atoms with Gasteiger partial charge >= 0.3 is 0 Å². The number of para-hydroxylation sites is 1. The van der Waals surface area contributed by atoms with Crippen LogP contribution in [0.2, 0.25) is 0 Å². The first-order valence-corrected chi connectivity index (χ1v) is 9.81.